The molecule has 5 nitrogen and oxygen atoms in total. The van der Waals surface area contributed by atoms with Crippen LogP contribution in [0.4, 0.5) is 4.39 Å². The molecule has 3 rings (SSSR count). The molecular weight excluding hydrogens is 405 g/mol. The summed E-state index contributed by atoms with van der Waals surface area (Å²) < 4.78 is 51.7. The van der Waals surface area contributed by atoms with Crippen LogP contribution in [0.2, 0.25) is 0 Å². The molecule has 1 N–H and O–H groups in total. The monoisotopic (exact) mass is 429 g/mol. The minimum atomic E-state index is -3.64. The summed E-state index contributed by atoms with van der Waals surface area (Å²) in [6.45, 7) is 2.43. The van der Waals surface area contributed by atoms with Crippen molar-refractivity contribution >= 4 is 10.0 Å². The van der Waals surface area contributed by atoms with E-state index in [-0.39, 0.29) is 17.3 Å². The predicted octanol–water partition coefficient (Wildman–Crippen LogP) is 4.45. The van der Waals surface area contributed by atoms with Crippen LogP contribution in [0.5, 0.6) is 11.5 Å². The predicted molar refractivity (Wildman–Crippen MR) is 114 cm³/mol. The molecular formula is C23H24FNO4S. The van der Waals surface area contributed by atoms with Gasteiger partial charge < -0.3 is 9.47 Å². The molecule has 3 aromatic carbocycles. The van der Waals surface area contributed by atoms with Gasteiger partial charge in [-0.3, -0.25) is 0 Å². The zero-order chi connectivity index (χ0) is 21.6. The van der Waals surface area contributed by atoms with Gasteiger partial charge in [-0.1, -0.05) is 31.2 Å². The molecule has 0 radical (unpaired) electrons. The van der Waals surface area contributed by atoms with Gasteiger partial charge in [-0.2, -0.15) is 0 Å². The molecule has 0 aromatic heterocycles. The van der Waals surface area contributed by atoms with E-state index in [9.17, 15) is 12.8 Å². The molecule has 0 aliphatic carbocycles. The van der Waals surface area contributed by atoms with Crippen LogP contribution in [0.15, 0.2) is 71.6 Å². The number of hydrogen-bond donors (Lipinski definition) is 1. The van der Waals surface area contributed by atoms with E-state index in [2.05, 4.69) is 4.72 Å². The lowest BCUT2D eigenvalue weighted by Gasteiger charge is -2.11. The van der Waals surface area contributed by atoms with Crippen molar-refractivity contribution in [2.75, 3.05) is 7.11 Å². The summed E-state index contributed by atoms with van der Waals surface area (Å²) in [5, 5.41) is 0. The summed E-state index contributed by atoms with van der Waals surface area (Å²) in [6, 6.07) is 18.1. The normalized spacial score (nSPS) is 11.3. The van der Waals surface area contributed by atoms with Crippen LogP contribution in [0.25, 0.3) is 0 Å². The average molecular weight is 430 g/mol. The Morgan fingerprint density at radius 3 is 2.23 bits per heavy atom. The number of benzene rings is 3. The summed E-state index contributed by atoms with van der Waals surface area (Å²) in [6.07, 6.45) is 0.673. The summed E-state index contributed by atoms with van der Waals surface area (Å²) in [7, 11) is -2.08. The molecule has 0 saturated carbocycles. The summed E-state index contributed by atoms with van der Waals surface area (Å²) in [5.74, 6) is 1.03. The van der Waals surface area contributed by atoms with E-state index in [1.807, 2.05) is 6.92 Å². The van der Waals surface area contributed by atoms with E-state index >= 15 is 0 Å². The van der Waals surface area contributed by atoms with Gasteiger partial charge in [0.05, 0.1) is 12.0 Å². The van der Waals surface area contributed by atoms with E-state index in [1.54, 1.807) is 55.6 Å². The maximum Gasteiger partial charge on any atom is 0.240 e. The first-order valence-corrected chi connectivity index (χ1v) is 11.0. The largest absolute Gasteiger partial charge is 0.496 e. The van der Waals surface area contributed by atoms with Crippen LogP contribution in [0.3, 0.4) is 0 Å². The Labute approximate surface area is 176 Å². The topological polar surface area (TPSA) is 64.6 Å². The van der Waals surface area contributed by atoms with Crippen molar-refractivity contribution in [1.29, 1.82) is 0 Å². The molecule has 0 spiro atoms. The van der Waals surface area contributed by atoms with Gasteiger partial charge in [0, 0.05) is 6.54 Å². The molecule has 0 saturated heterocycles. The third-order valence-electron chi connectivity index (χ3n) is 4.65. The van der Waals surface area contributed by atoms with Crippen LogP contribution in [0.1, 0.15) is 23.6 Å². The summed E-state index contributed by atoms with van der Waals surface area (Å²) in [4.78, 5) is 0.208. The van der Waals surface area contributed by atoms with Crippen molar-refractivity contribution in [2.24, 2.45) is 0 Å². The number of ether oxygens (including phenoxy) is 2. The highest BCUT2D eigenvalue weighted by atomic mass is 32.2. The smallest absolute Gasteiger partial charge is 0.240 e. The Morgan fingerprint density at radius 1 is 0.933 bits per heavy atom. The van der Waals surface area contributed by atoms with Gasteiger partial charge in [0.25, 0.3) is 0 Å². The molecule has 30 heavy (non-hydrogen) atoms. The van der Waals surface area contributed by atoms with Gasteiger partial charge in [-0.25, -0.2) is 17.5 Å². The second-order valence-electron chi connectivity index (χ2n) is 6.71. The third-order valence-corrected chi connectivity index (χ3v) is 6.05. The molecule has 3 aromatic rings. The van der Waals surface area contributed by atoms with Gasteiger partial charge in [0.1, 0.15) is 23.9 Å². The van der Waals surface area contributed by atoms with Crippen molar-refractivity contribution in [3.63, 3.8) is 0 Å². The minimum Gasteiger partial charge on any atom is -0.496 e. The fourth-order valence-electron chi connectivity index (χ4n) is 2.91. The Kier molecular flexibility index (Phi) is 7.07. The standard InChI is InChI=1S/C23H24FNO4S/c1-3-19-14-22(12-13-23(19)28-2)30(26,27)25-15-17-6-10-21(11-7-17)29-16-18-4-8-20(24)9-5-18/h4-14,25H,3,15-16H2,1-2H3. The van der Waals surface area contributed by atoms with E-state index in [0.29, 0.717) is 24.5 Å². The highest BCUT2D eigenvalue weighted by Crippen LogP contribution is 2.23. The highest BCUT2D eigenvalue weighted by molar-refractivity contribution is 7.89. The number of halogens is 1. The fraction of sp³-hybridized carbons (Fsp3) is 0.217. The van der Waals surface area contributed by atoms with E-state index in [1.165, 1.54) is 18.2 Å². The van der Waals surface area contributed by atoms with E-state index in [4.69, 9.17) is 9.47 Å². The first-order valence-electron chi connectivity index (χ1n) is 9.54. The maximum atomic E-state index is 12.9. The van der Waals surface area contributed by atoms with Crippen LogP contribution in [-0.2, 0) is 29.6 Å². The molecule has 0 heterocycles. The zero-order valence-electron chi connectivity index (χ0n) is 16.9. The molecule has 0 aliphatic heterocycles. The highest BCUT2D eigenvalue weighted by Gasteiger charge is 2.16. The first kappa shape index (κ1) is 21.8. The van der Waals surface area contributed by atoms with E-state index < -0.39 is 10.0 Å². The Balaban J connectivity index is 1.59. The molecule has 158 valence electrons. The van der Waals surface area contributed by atoms with Crippen molar-refractivity contribution in [3.05, 3.63) is 89.2 Å². The lowest BCUT2D eigenvalue weighted by atomic mass is 10.1. The number of methoxy groups -OCH3 is 1. The lowest BCUT2D eigenvalue weighted by molar-refractivity contribution is 0.306. The second kappa shape index (κ2) is 9.73. The number of aryl methyl sites for hydroxylation is 1. The van der Waals surface area contributed by atoms with Gasteiger partial charge >= 0.3 is 0 Å². The molecule has 0 aliphatic rings. The SMILES string of the molecule is CCc1cc(S(=O)(=O)NCc2ccc(OCc3ccc(F)cc3)cc2)ccc1OC. The van der Waals surface area contributed by atoms with Crippen molar-refractivity contribution in [3.8, 4) is 11.5 Å². The number of sulfonamides is 1. The van der Waals surface area contributed by atoms with Crippen molar-refractivity contribution < 1.29 is 22.3 Å². The maximum absolute atomic E-state index is 12.9. The van der Waals surface area contributed by atoms with Crippen molar-refractivity contribution in [2.45, 2.75) is 31.4 Å². The Hall–Kier alpha value is -2.90. The Bertz CT molecular complexity index is 1080. The average Bonchev–Trinajstić information content (AvgIpc) is 2.77. The summed E-state index contributed by atoms with van der Waals surface area (Å²) in [5.41, 5.74) is 2.50. The Morgan fingerprint density at radius 2 is 1.60 bits per heavy atom. The molecule has 0 bridgehead atoms. The third kappa shape index (κ3) is 5.58. The van der Waals surface area contributed by atoms with Crippen LogP contribution in [-0.4, -0.2) is 15.5 Å². The zero-order valence-corrected chi connectivity index (χ0v) is 17.7. The number of rotatable bonds is 9. The minimum absolute atomic E-state index is 0.161. The molecule has 0 unspecified atom stereocenters. The van der Waals surface area contributed by atoms with Gasteiger partial charge in [-0.15, -0.1) is 0 Å². The second-order valence-corrected chi connectivity index (χ2v) is 8.48. The molecule has 0 fully saturated rings. The van der Waals surface area contributed by atoms with Crippen LogP contribution in [0, 0.1) is 5.82 Å². The first-order chi connectivity index (χ1) is 14.4. The molecule has 0 amide bonds. The van der Waals surface area contributed by atoms with Gasteiger partial charge in [-0.05, 0) is 65.6 Å². The van der Waals surface area contributed by atoms with Gasteiger partial charge in [0.2, 0.25) is 10.0 Å². The lowest BCUT2D eigenvalue weighted by Crippen LogP contribution is -2.23. The van der Waals surface area contributed by atoms with Crippen LogP contribution >= 0.6 is 0 Å². The molecule has 0 atom stereocenters. The van der Waals surface area contributed by atoms with Crippen molar-refractivity contribution in [1.82, 2.24) is 4.72 Å². The molecule has 7 heteroatoms. The van der Waals surface area contributed by atoms with Crippen LogP contribution < -0.4 is 14.2 Å². The quantitative estimate of drug-likeness (QED) is 0.546. The fourth-order valence-corrected chi connectivity index (χ4v) is 3.98. The van der Waals surface area contributed by atoms with Gasteiger partial charge in [0.15, 0.2) is 0 Å². The number of nitrogens with one attached hydrogen (secondary N) is 1. The van der Waals surface area contributed by atoms with E-state index in [0.717, 1.165) is 16.7 Å². The number of hydrogen-bond acceptors (Lipinski definition) is 4. The summed E-state index contributed by atoms with van der Waals surface area (Å²) >= 11 is 0.